The van der Waals surface area contributed by atoms with E-state index in [1.54, 1.807) is 6.07 Å². The minimum absolute atomic E-state index is 0.411. The predicted molar refractivity (Wildman–Crippen MR) is 76.1 cm³/mol. The van der Waals surface area contributed by atoms with Crippen molar-refractivity contribution in [2.75, 3.05) is 5.73 Å². The van der Waals surface area contributed by atoms with Crippen molar-refractivity contribution in [2.45, 2.75) is 31.1 Å². The molecule has 2 unspecified atom stereocenters. The summed E-state index contributed by atoms with van der Waals surface area (Å²) in [6, 6.07) is 13.5. The molecule has 0 spiro atoms. The summed E-state index contributed by atoms with van der Waals surface area (Å²) in [7, 11) is 0. The molecule has 0 saturated heterocycles. The van der Waals surface area contributed by atoms with Crippen LogP contribution < -0.4 is 5.73 Å². The van der Waals surface area contributed by atoms with Crippen molar-refractivity contribution in [3.63, 3.8) is 0 Å². The monoisotopic (exact) mass is 254 g/mol. The molecule has 2 aromatic rings. The van der Waals surface area contributed by atoms with Crippen LogP contribution in [0.2, 0.25) is 0 Å². The minimum atomic E-state index is 0.411. The highest BCUT2D eigenvalue weighted by Gasteiger charge is 2.29. The number of nitrogens with two attached hydrogens (primary N) is 1. The molecule has 3 nitrogen and oxygen atoms in total. The third-order valence-corrected chi connectivity index (χ3v) is 4.02. The number of phenols is 1. The Balaban J connectivity index is 1.79. The number of aromatic nitrogens is 1. The summed E-state index contributed by atoms with van der Waals surface area (Å²) in [4.78, 5) is 4.42. The fourth-order valence-electron chi connectivity index (χ4n) is 3.06. The number of hydrogen-bond acceptors (Lipinski definition) is 3. The van der Waals surface area contributed by atoms with Crippen LogP contribution >= 0.6 is 0 Å². The number of phenolic OH excluding ortho intramolecular Hbond substituents is 1. The third kappa shape index (κ3) is 2.41. The molecule has 1 heterocycles. The number of aromatic hydroxyl groups is 1. The average Bonchev–Trinajstić information content (AvgIpc) is 2.89. The van der Waals surface area contributed by atoms with Crippen LogP contribution in [0.25, 0.3) is 0 Å². The first-order valence-electron chi connectivity index (χ1n) is 6.74. The summed E-state index contributed by atoms with van der Waals surface area (Å²) in [6.45, 7) is 0. The Labute approximate surface area is 113 Å². The summed E-state index contributed by atoms with van der Waals surface area (Å²) in [5.74, 6) is 1.87. The molecular formula is C16H18N2O. The van der Waals surface area contributed by atoms with Gasteiger partial charge in [0.25, 0.3) is 0 Å². The molecule has 1 aliphatic rings. The van der Waals surface area contributed by atoms with Crippen molar-refractivity contribution in [1.29, 1.82) is 0 Å². The average molecular weight is 254 g/mol. The van der Waals surface area contributed by atoms with Gasteiger partial charge in [-0.1, -0.05) is 24.3 Å². The van der Waals surface area contributed by atoms with Crippen LogP contribution in [0.5, 0.6) is 5.75 Å². The van der Waals surface area contributed by atoms with E-state index >= 15 is 0 Å². The van der Waals surface area contributed by atoms with Gasteiger partial charge in [-0.15, -0.1) is 0 Å². The number of benzene rings is 1. The second kappa shape index (κ2) is 4.92. The van der Waals surface area contributed by atoms with Crippen molar-refractivity contribution in [3.8, 4) is 5.75 Å². The van der Waals surface area contributed by atoms with E-state index < -0.39 is 0 Å². The number of para-hydroxylation sites is 1. The number of nitrogen functional groups attached to an aromatic ring is 1. The molecular weight excluding hydrogens is 236 g/mol. The lowest BCUT2D eigenvalue weighted by Crippen LogP contribution is -2.00. The van der Waals surface area contributed by atoms with Crippen LogP contribution in [0.4, 0.5) is 5.82 Å². The van der Waals surface area contributed by atoms with E-state index in [-0.39, 0.29) is 0 Å². The molecule has 0 radical (unpaired) electrons. The van der Waals surface area contributed by atoms with Crippen LogP contribution in [0.3, 0.4) is 0 Å². The Morgan fingerprint density at radius 2 is 1.79 bits per heavy atom. The maximum Gasteiger partial charge on any atom is 0.123 e. The van der Waals surface area contributed by atoms with Crippen LogP contribution in [0, 0.1) is 0 Å². The van der Waals surface area contributed by atoms with Crippen LogP contribution in [0.1, 0.15) is 42.4 Å². The Morgan fingerprint density at radius 3 is 2.58 bits per heavy atom. The van der Waals surface area contributed by atoms with Crippen LogP contribution in [0.15, 0.2) is 42.5 Å². The SMILES string of the molecule is Nc1cccc(C2CCC(c3ccccc3O)C2)n1. The molecule has 1 aromatic carbocycles. The van der Waals surface area contributed by atoms with E-state index in [2.05, 4.69) is 4.98 Å². The Hall–Kier alpha value is -2.03. The summed E-state index contributed by atoms with van der Waals surface area (Å²) in [5, 5.41) is 9.94. The van der Waals surface area contributed by atoms with Gasteiger partial charge >= 0.3 is 0 Å². The van der Waals surface area contributed by atoms with Gasteiger partial charge in [-0.25, -0.2) is 4.98 Å². The fourth-order valence-corrected chi connectivity index (χ4v) is 3.06. The quantitative estimate of drug-likeness (QED) is 0.863. The Kier molecular flexibility index (Phi) is 3.11. The van der Waals surface area contributed by atoms with Crippen molar-refractivity contribution in [2.24, 2.45) is 0 Å². The van der Waals surface area contributed by atoms with Crippen molar-refractivity contribution < 1.29 is 5.11 Å². The summed E-state index contributed by atoms with van der Waals surface area (Å²) >= 11 is 0. The van der Waals surface area contributed by atoms with E-state index in [9.17, 15) is 5.11 Å². The molecule has 1 aromatic heterocycles. The number of anilines is 1. The summed E-state index contributed by atoms with van der Waals surface area (Å²) < 4.78 is 0. The standard InChI is InChI=1S/C16H18N2O/c17-16-7-3-5-14(18-16)12-9-8-11(10-12)13-4-1-2-6-15(13)19/h1-7,11-12,19H,8-10H2,(H2,17,18). The highest BCUT2D eigenvalue weighted by Crippen LogP contribution is 2.45. The lowest BCUT2D eigenvalue weighted by Gasteiger charge is -2.13. The molecule has 0 bridgehead atoms. The highest BCUT2D eigenvalue weighted by atomic mass is 16.3. The maximum absolute atomic E-state index is 9.94. The molecule has 2 atom stereocenters. The first-order valence-corrected chi connectivity index (χ1v) is 6.74. The van der Waals surface area contributed by atoms with Gasteiger partial charge in [0.05, 0.1) is 0 Å². The molecule has 3 N–H and O–H groups in total. The van der Waals surface area contributed by atoms with Gasteiger partial charge in [-0.3, -0.25) is 0 Å². The lowest BCUT2D eigenvalue weighted by molar-refractivity contribution is 0.460. The van der Waals surface area contributed by atoms with Crippen molar-refractivity contribution in [1.82, 2.24) is 4.98 Å². The molecule has 0 amide bonds. The van der Waals surface area contributed by atoms with E-state index in [4.69, 9.17) is 5.73 Å². The molecule has 1 fully saturated rings. The first kappa shape index (κ1) is 12.0. The van der Waals surface area contributed by atoms with Gasteiger partial charge < -0.3 is 10.8 Å². The molecule has 3 rings (SSSR count). The van der Waals surface area contributed by atoms with Gasteiger partial charge in [-0.2, -0.15) is 0 Å². The van der Waals surface area contributed by atoms with Gasteiger partial charge in [0, 0.05) is 11.6 Å². The predicted octanol–water partition coefficient (Wildman–Crippen LogP) is 3.42. The zero-order valence-corrected chi connectivity index (χ0v) is 10.8. The molecule has 1 saturated carbocycles. The van der Waals surface area contributed by atoms with E-state index in [1.165, 1.54) is 0 Å². The first-order chi connectivity index (χ1) is 9.24. The van der Waals surface area contributed by atoms with E-state index in [0.29, 0.717) is 23.4 Å². The minimum Gasteiger partial charge on any atom is -0.508 e. The van der Waals surface area contributed by atoms with Gasteiger partial charge in [0.15, 0.2) is 0 Å². The van der Waals surface area contributed by atoms with Crippen molar-refractivity contribution in [3.05, 3.63) is 53.7 Å². The lowest BCUT2D eigenvalue weighted by atomic mass is 9.94. The Morgan fingerprint density at radius 1 is 1.00 bits per heavy atom. The topological polar surface area (TPSA) is 59.1 Å². The largest absolute Gasteiger partial charge is 0.508 e. The maximum atomic E-state index is 9.94. The number of nitrogens with zero attached hydrogens (tertiary/aromatic N) is 1. The zero-order valence-electron chi connectivity index (χ0n) is 10.8. The van der Waals surface area contributed by atoms with E-state index in [0.717, 1.165) is 30.5 Å². The molecule has 0 aliphatic heterocycles. The second-order valence-electron chi connectivity index (χ2n) is 5.25. The van der Waals surface area contributed by atoms with Gasteiger partial charge in [0.1, 0.15) is 11.6 Å². The fraction of sp³-hybridized carbons (Fsp3) is 0.312. The van der Waals surface area contributed by atoms with E-state index in [1.807, 2.05) is 36.4 Å². The van der Waals surface area contributed by atoms with Crippen LogP contribution in [-0.4, -0.2) is 10.1 Å². The normalized spacial score (nSPS) is 22.5. The molecule has 3 heteroatoms. The number of pyridine rings is 1. The number of hydrogen-bond donors (Lipinski definition) is 2. The molecule has 98 valence electrons. The number of rotatable bonds is 2. The highest BCUT2D eigenvalue weighted by molar-refractivity contribution is 5.37. The smallest absolute Gasteiger partial charge is 0.123 e. The second-order valence-corrected chi connectivity index (χ2v) is 5.25. The van der Waals surface area contributed by atoms with Crippen LogP contribution in [-0.2, 0) is 0 Å². The third-order valence-electron chi connectivity index (χ3n) is 4.02. The van der Waals surface area contributed by atoms with Gasteiger partial charge in [0.2, 0.25) is 0 Å². The summed E-state index contributed by atoms with van der Waals surface area (Å²) in [5.41, 5.74) is 7.89. The van der Waals surface area contributed by atoms with Gasteiger partial charge in [-0.05, 0) is 48.9 Å². The summed E-state index contributed by atoms with van der Waals surface area (Å²) in [6.07, 6.45) is 3.24. The Bertz CT molecular complexity index is 582. The zero-order chi connectivity index (χ0) is 13.2. The molecule has 1 aliphatic carbocycles. The van der Waals surface area contributed by atoms with Crippen molar-refractivity contribution >= 4 is 5.82 Å². The molecule has 19 heavy (non-hydrogen) atoms.